The number of fused-ring (bicyclic) bond motifs is 2. The van der Waals surface area contributed by atoms with E-state index in [1.165, 1.54) is 16.7 Å². The average Bonchev–Trinajstić information content (AvgIpc) is 3.57. The Kier molecular flexibility index (Phi) is 6.16. The highest BCUT2D eigenvalue weighted by molar-refractivity contribution is 7.90. The molecule has 3 aliphatic rings. The molecule has 0 radical (unpaired) electrons. The summed E-state index contributed by atoms with van der Waals surface area (Å²) >= 11 is -1.18. The lowest BCUT2D eigenvalue weighted by Crippen LogP contribution is -2.50. The summed E-state index contributed by atoms with van der Waals surface area (Å²) in [5.41, 5.74) is 4.94. The predicted octanol–water partition coefficient (Wildman–Crippen LogP) is 4.67. The van der Waals surface area contributed by atoms with E-state index in [1.54, 1.807) is 4.57 Å². The van der Waals surface area contributed by atoms with Crippen molar-refractivity contribution in [3.05, 3.63) is 87.3 Å². The third kappa shape index (κ3) is 4.23. The second-order valence-electron chi connectivity index (χ2n) is 13.2. The summed E-state index contributed by atoms with van der Waals surface area (Å²) < 4.78 is 18.1. The van der Waals surface area contributed by atoms with E-state index in [0.29, 0.717) is 17.0 Å². The van der Waals surface area contributed by atoms with Gasteiger partial charge >= 0.3 is 0 Å². The van der Waals surface area contributed by atoms with E-state index in [4.69, 9.17) is 4.98 Å². The van der Waals surface area contributed by atoms with E-state index in [0.717, 1.165) is 50.9 Å². The van der Waals surface area contributed by atoms with Crippen molar-refractivity contribution >= 4 is 28.3 Å². The van der Waals surface area contributed by atoms with E-state index in [1.807, 2.05) is 33.9 Å². The molecule has 1 spiro atoms. The van der Waals surface area contributed by atoms with Crippen LogP contribution in [0.2, 0.25) is 0 Å². The van der Waals surface area contributed by atoms with E-state index in [-0.39, 0.29) is 27.2 Å². The smallest absolute Gasteiger partial charge is 0.266 e. The highest BCUT2D eigenvalue weighted by Gasteiger charge is 2.51. The molecular weight excluding hydrogens is 532 g/mol. The van der Waals surface area contributed by atoms with Gasteiger partial charge in [-0.05, 0) is 69.6 Å². The molecule has 41 heavy (non-hydrogen) atoms. The van der Waals surface area contributed by atoms with Crippen molar-refractivity contribution in [1.29, 1.82) is 0 Å². The minimum Gasteiger partial charge on any atom is -0.598 e. The first-order valence-electron chi connectivity index (χ1n) is 14.6. The number of aromatic nitrogens is 4. The summed E-state index contributed by atoms with van der Waals surface area (Å²) in [4.78, 5) is 21.0. The number of benzene rings is 2. The maximum atomic E-state index is 13.8. The fourth-order valence-electron chi connectivity index (χ4n) is 7.12. The van der Waals surface area contributed by atoms with Gasteiger partial charge in [0.25, 0.3) is 5.56 Å². The van der Waals surface area contributed by atoms with Crippen LogP contribution in [0.25, 0.3) is 11.0 Å². The van der Waals surface area contributed by atoms with Crippen LogP contribution in [0, 0.1) is 5.41 Å². The van der Waals surface area contributed by atoms with Gasteiger partial charge in [-0.2, -0.15) is 10.1 Å². The third-order valence-corrected chi connectivity index (χ3v) is 11.2. The van der Waals surface area contributed by atoms with Gasteiger partial charge in [-0.25, -0.2) is 0 Å². The lowest BCUT2D eigenvalue weighted by molar-refractivity contribution is 0.175. The zero-order valence-electron chi connectivity index (χ0n) is 24.2. The third-order valence-electron chi connectivity index (χ3n) is 9.67. The van der Waals surface area contributed by atoms with Crippen molar-refractivity contribution in [1.82, 2.24) is 24.5 Å². The van der Waals surface area contributed by atoms with Gasteiger partial charge in [0.05, 0.1) is 11.7 Å². The summed E-state index contributed by atoms with van der Waals surface area (Å²) in [5, 5.41) is 8.37. The van der Waals surface area contributed by atoms with Gasteiger partial charge in [0, 0.05) is 42.3 Å². The lowest BCUT2D eigenvalue weighted by Gasteiger charge is -2.44. The maximum Gasteiger partial charge on any atom is 0.266 e. The number of hydrogen-bond acceptors (Lipinski definition) is 6. The summed E-state index contributed by atoms with van der Waals surface area (Å²) in [5.74, 6) is 0.665. The molecule has 3 heterocycles. The van der Waals surface area contributed by atoms with Crippen molar-refractivity contribution in [2.45, 2.75) is 69.1 Å². The van der Waals surface area contributed by atoms with Crippen LogP contribution >= 0.6 is 0 Å². The highest BCUT2D eigenvalue weighted by Crippen LogP contribution is 2.54. The number of nitrogens with one attached hydrogen (secondary N) is 2. The molecule has 0 amide bonds. The van der Waals surface area contributed by atoms with Gasteiger partial charge in [-0.1, -0.05) is 54.6 Å². The van der Waals surface area contributed by atoms with Crippen LogP contribution in [0.5, 0.6) is 0 Å². The fraction of sp³-hybridized carbons (Fsp3) is 0.469. The number of rotatable bonds is 5. The highest BCUT2D eigenvalue weighted by atomic mass is 32.2. The van der Waals surface area contributed by atoms with Crippen molar-refractivity contribution in [3.63, 3.8) is 0 Å². The quantitative estimate of drug-likeness (QED) is 0.338. The number of aromatic amines is 1. The van der Waals surface area contributed by atoms with Gasteiger partial charge in [0.1, 0.15) is 10.1 Å². The van der Waals surface area contributed by atoms with Crippen LogP contribution in [-0.2, 0) is 30.2 Å². The molecule has 2 aromatic heterocycles. The Bertz CT molecular complexity index is 1660. The number of anilines is 1. The number of hydrogen-bond donors (Lipinski definition) is 2. The standard InChI is InChI=1S/C32H38N6O2S/c1-30(2,3)41(40)36-25-23-13-9-8-10-21(23)20-31(25)16-18-38(19-17-31)29-33-27-24(28(39)37(29)4)26(34-35-27)32(14-15-32)22-11-6-5-7-12-22/h5-13,25,36H,14-20H2,1-4H3,(H,34,35)/t25-,41?/m1/s1. The van der Waals surface area contributed by atoms with E-state index < -0.39 is 11.4 Å². The van der Waals surface area contributed by atoms with Crippen LogP contribution in [0.3, 0.4) is 0 Å². The molecule has 2 aromatic carbocycles. The van der Waals surface area contributed by atoms with Crippen molar-refractivity contribution < 1.29 is 4.55 Å². The molecule has 0 bridgehead atoms. The Morgan fingerprint density at radius 2 is 1.71 bits per heavy atom. The van der Waals surface area contributed by atoms with E-state index >= 15 is 0 Å². The van der Waals surface area contributed by atoms with E-state index in [9.17, 15) is 9.35 Å². The first-order chi connectivity index (χ1) is 19.6. The topological polar surface area (TPSA) is 102 Å². The number of nitrogens with zero attached hydrogens (tertiary/aromatic N) is 4. The normalized spacial score (nSPS) is 21.8. The largest absolute Gasteiger partial charge is 0.598 e. The minimum absolute atomic E-state index is 0.0294. The first kappa shape index (κ1) is 26.7. The van der Waals surface area contributed by atoms with Crippen LogP contribution in [0.15, 0.2) is 59.4 Å². The van der Waals surface area contributed by atoms with Gasteiger partial charge < -0.3 is 9.45 Å². The lowest BCUT2D eigenvalue weighted by atomic mass is 9.73. The van der Waals surface area contributed by atoms with Crippen LogP contribution < -0.4 is 15.2 Å². The first-order valence-corrected chi connectivity index (χ1v) is 15.8. The van der Waals surface area contributed by atoms with Crippen LogP contribution in [0.4, 0.5) is 5.95 Å². The summed E-state index contributed by atoms with van der Waals surface area (Å²) in [7, 11) is 1.83. The second kappa shape index (κ2) is 9.44. The van der Waals surface area contributed by atoms with Gasteiger partial charge in [0.2, 0.25) is 5.95 Å². The zero-order valence-corrected chi connectivity index (χ0v) is 25.1. The van der Waals surface area contributed by atoms with Gasteiger partial charge in [0.15, 0.2) is 5.65 Å². The molecule has 2 atom stereocenters. The number of H-pyrrole nitrogens is 1. The molecular formula is C32H38N6O2S. The zero-order chi connectivity index (χ0) is 28.6. The molecule has 1 unspecified atom stereocenters. The molecule has 214 valence electrons. The molecule has 7 rings (SSSR count). The Labute approximate surface area is 243 Å². The van der Waals surface area contributed by atoms with Crippen molar-refractivity contribution in [2.75, 3.05) is 18.0 Å². The fourth-order valence-corrected chi connectivity index (χ4v) is 8.06. The van der Waals surface area contributed by atoms with E-state index in [2.05, 4.69) is 68.4 Å². The van der Waals surface area contributed by atoms with Crippen molar-refractivity contribution in [3.8, 4) is 0 Å². The van der Waals surface area contributed by atoms with Crippen LogP contribution in [0.1, 0.15) is 74.9 Å². The molecule has 1 saturated heterocycles. The molecule has 1 saturated carbocycles. The SMILES string of the molecule is Cn1c(N2CCC3(CC2)Cc2ccccc2[C@H]3N[S+]([O-])C(C)(C)C)nc2n[nH]c(C3(c4ccccc4)CC3)c2c1=O. The summed E-state index contributed by atoms with van der Waals surface area (Å²) in [6.45, 7) is 7.58. The Hall–Kier alpha value is -3.14. The Balaban J connectivity index is 1.18. The minimum atomic E-state index is -1.18. The van der Waals surface area contributed by atoms with Gasteiger partial charge in [-0.15, -0.1) is 4.72 Å². The molecule has 2 N–H and O–H groups in total. The molecule has 2 fully saturated rings. The Morgan fingerprint density at radius 1 is 1.02 bits per heavy atom. The Morgan fingerprint density at radius 3 is 2.39 bits per heavy atom. The predicted molar refractivity (Wildman–Crippen MR) is 163 cm³/mol. The van der Waals surface area contributed by atoms with Crippen LogP contribution in [-0.4, -0.2) is 42.1 Å². The molecule has 4 aromatic rings. The van der Waals surface area contributed by atoms with Gasteiger partial charge in [-0.3, -0.25) is 14.5 Å². The molecule has 8 nitrogen and oxygen atoms in total. The molecule has 1 aliphatic heterocycles. The maximum absolute atomic E-state index is 13.8. The number of piperidine rings is 1. The second-order valence-corrected chi connectivity index (χ2v) is 15.2. The molecule has 9 heteroatoms. The monoisotopic (exact) mass is 570 g/mol. The van der Waals surface area contributed by atoms with Crippen molar-refractivity contribution in [2.24, 2.45) is 12.5 Å². The average molecular weight is 571 g/mol. The molecule has 2 aliphatic carbocycles. The summed E-state index contributed by atoms with van der Waals surface area (Å²) in [6, 6.07) is 19.0. The summed E-state index contributed by atoms with van der Waals surface area (Å²) in [6.07, 6.45) is 4.77.